The largest absolute Gasteiger partial charge is 0.326 e. The number of carbonyl (C=O) groups is 3. The van der Waals surface area contributed by atoms with E-state index < -0.39 is 6.04 Å². The van der Waals surface area contributed by atoms with Gasteiger partial charge in [-0.05, 0) is 42.9 Å². The molecule has 0 bridgehead atoms. The quantitative estimate of drug-likeness (QED) is 0.740. The molecule has 3 fully saturated rings. The van der Waals surface area contributed by atoms with Crippen LogP contribution >= 0.6 is 0 Å². The fourth-order valence-electron chi connectivity index (χ4n) is 6.07. The molecule has 7 heteroatoms. The number of piperidine rings is 1. The van der Waals surface area contributed by atoms with Gasteiger partial charge < -0.3 is 10.6 Å². The number of carbonyl (C=O) groups excluding carboxylic acids is 3. The Morgan fingerprint density at radius 1 is 1.13 bits per heavy atom. The highest BCUT2D eigenvalue weighted by molar-refractivity contribution is 6.05. The fraction of sp³-hybridized carbons (Fsp3) is 0.609. The predicted octanol–water partition coefficient (Wildman–Crippen LogP) is 1.68. The maximum Gasteiger partial charge on any atom is 0.255 e. The number of benzene rings is 1. The minimum atomic E-state index is -0.562. The zero-order valence-electron chi connectivity index (χ0n) is 17.4. The summed E-state index contributed by atoms with van der Waals surface area (Å²) in [6.07, 6.45) is 8.10. The van der Waals surface area contributed by atoms with E-state index in [4.69, 9.17) is 5.73 Å². The van der Waals surface area contributed by atoms with Crippen molar-refractivity contribution in [3.05, 3.63) is 34.9 Å². The van der Waals surface area contributed by atoms with Crippen molar-refractivity contribution in [2.45, 2.75) is 82.1 Å². The van der Waals surface area contributed by atoms with E-state index in [1.54, 1.807) is 4.90 Å². The molecular weight excluding hydrogens is 380 g/mol. The van der Waals surface area contributed by atoms with Crippen molar-refractivity contribution in [2.75, 3.05) is 6.54 Å². The third-order valence-corrected chi connectivity index (χ3v) is 7.51. The molecule has 3 heterocycles. The smallest absolute Gasteiger partial charge is 0.255 e. The van der Waals surface area contributed by atoms with Crippen molar-refractivity contribution in [3.63, 3.8) is 0 Å². The van der Waals surface area contributed by atoms with Crippen LogP contribution in [0.15, 0.2) is 18.2 Å². The maximum atomic E-state index is 12.9. The first-order chi connectivity index (χ1) is 14.4. The molecule has 2 unspecified atom stereocenters. The Bertz CT molecular complexity index is 892. The molecule has 5 rings (SSSR count). The summed E-state index contributed by atoms with van der Waals surface area (Å²) in [6.45, 7) is 2.21. The number of nitrogens with zero attached hydrogens (tertiary/aromatic N) is 2. The molecule has 160 valence electrons. The molecule has 0 radical (unpaired) electrons. The zero-order valence-corrected chi connectivity index (χ0v) is 17.4. The molecule has 2 saturated heterocycles. The topological polar surface area (TPSA) is 95.7 Å². The van der Waals surface area contributed by atoms with Crippen LogP contribution in [0.5, 0.6) is 0 Å². The van der Waals surface area contributed by atoms with E-state index in [9.17, 15) is 14.4 Å². The molecule has 1 aromatic rings. The lowest BCUT2D eigenvalue weighted by molar-refractivity contribution is -0.136. The Morgan fingerprint density at radius 3 is 2.70 bits per heavy atom. The van der Waals surface area contributed by atoms with Crippen LogP contribution in [0, 0.1) is 0 Å². The first kappa shape index (κ1) is 19.7. The molecule has 3 N–H and O–H groups in total. The second kappa shape index (κ2) is 7.46. The number of rotatable bonds is 3. The molecular formula is C23H30N4O3. The van der Waals surface area contributed by atoms with Crippen molar-refractivity contribution in [3.8, 4) is 0 Å². The van der Waals surface area contributed by atoms with Gasteiger partial charge in [0.2, 0.25) is 11.8 Å². The Kier molecular flexibility index (Phi) is 4.90. The first-order valence-electron chi connectivity index (χ1n) is 11.2. The minimum absolute atomic E-state index is 0.113. The van der Waals surface area contributed by atoms with Crippen LogP contribution in [0.4, 0.5) is 0 Å². The third-order valence-electron chi connectivity index (χ3n) is 7.51. The summed E-state index contributed by atoms with van der Waals surface area (Å²) in [4.78, 5) is 40.8. The van der Waals surface area contributed by atoms with Gasteiger partial charge in [0.1, 0.15) is 6.04 Å². The maximum absolute atomic E-state index is 12.9. The van der Waals surface area contributed by atoms with Gasteiger partial charge in [-0.3, -0.25) is 24.6 Å². The molecule has 2 atom stereocenters. The van der Waals surface area contributed by atoms with E-state index in [1.807, 2.05) is 12.1 Å². The zero-order chi connectivity index (χ0) is 20.9. The molecule has 3 aliphatic heterocycles. The predicted molar refractivity (Wildman–Crippen MR) is 111 cm³/mol. The van der Waals surface area contributed by atoms with Crippen molar-refractivity contribution >= 4 is 17.7 Å². The summed E-state index contributed by atoms with van der Waals surface area (Å²) in [5.74, 6) is -0.737. The van der Waals surface area contributed by atoms with Gasteiger partial charge in [-0.15, -0.1) is 0 Å². The van der Waals surface area contributed by atoms with Crippen LogP contribution in [0.2, 0.25) is 0 Å². The Balaban J connectivity index is 1.33. The second-order valence-electron chi connectivity index (χ2n) is 9.52. The van der Waals surface area contributed by atoms with Crippen LogP contribution in [0.1, 0.15) is 72.9 Å². The van der Waals surface area contributed by atoms with Crippen molar-refractivity contribution < 1.29 is 14.4 Å². The van der Waals surface area contributed by atoms with Crippen LogP contribution < -0.4 is 11.1 Å². The standard InChI is InChI=1S/C23H30N4O3/c24-17-11-23(8-2-1-3-9-23)26(14-17)12-15-4-5-18-16(10-15)13-27(22(18)30)19-6-7-20(28)25-21(19)29/h4-5,10,17,19H,1-3,6-9,11-14,24H2,(H,25,28,29). The number of nitrogens with two attached hydrogens (primary N) is 1. The molecule has 3 amide bonds. The molecule has 1 saturated carbocycles. The Hall–Kier alpha value is -2.25. The van der Waals surface area contributed by atoms with Crippen LogP contribution in [-0.2, 0) is 22.7 Å². The summed E-state index contributed by atoms with van der Waals surface area (Å²) in [7, 11) is 0. The van der Waals surface area contributed by atoms with E-state index in [1.165, 1.54) is 37.7 Å². The SMILES string of the molecule is NC1CN(Cc2ccc3c(c2)CN(C2CCC(=O)NC2=O)C3=O)C2(CCCCC2)C1. The van der Waals surface area contributed by atoms with Crippen LogP contribution in [-0.4, -0.2) is 51.7 Å². The van der Waals surface area contributed by atoms with E-state index in [0.717, 1.165) is 25.1 Å². The molecule has 0 aromatic heterocycles. The highest BCUT2D eigenvalue weighted by atomic mass is 16.2. The van der Waals surface area contributed by atoms with Gasteiger partial charge >= 0.3 is 0 Å². The van der Waals surface area contributed by atoms with Crippen molar-refractivity contribution in [1.82, 2.24) is 15.1 Å². The van der Waals surface area contributed by atoms with Crippen LogP contribution in [0.25, 0.3) is 0 Å². The van der Waals surface area contributed by atoms with Crippen molar-refractivity contribution in [1.29, 1.82) is 0 Å². The number of fused-ring (bicyclic) bond motifs is 1. The third kappa shape index (κ3) is 3.34. The van der Waals surface area contributed by atoms with Gasteiger partial charge in [-0.25, -0.2) is 0 Å². The minimum Gasteiger partial charge on any atom is -0.326 e. The summed E-state index contributed by atoms with van der Waals surface area (Å²) in [5.41, 5.74) is 9.45. The molecule has 30 heavy (non-hydrogen) atoms. The number of imide groups is 1. The normalized spacial score (nSPS) is 28.8. The monoisotopic (exact) mass is 410 g/mol. The molecule has 4 aliphatic rings. The summed E-state index contributed by atoms with van der Waals surface area (Å²) in [6, 6.07) is 5.75. The number of nitrogens with one attached hydrogen (secondary N) is 1. The van der Waals surface area contributed by atoms with Gasteiger partial charge in [0.25, 0.3) is 5.91 Å². The van der Waals surface area contributed by atoms with E-state index in [-0.39, 0.29) is 35.7 Å². The number of amides is 3. The lowest BCUT2D eigenvalue weighted by Gasteiger charge is -2.41. The van der Waals surface area contributed by atoms with Gasteiger partial charge in [-0.1, -0.05) is 31.4 Å². The van der Waals surface area contributed by atoms with Crippen LogP contribution in [0.3, 0.4) is 0 Å². The summed E-state index contributed by atoms with van der Waals surface area (Å²) in [5, 5.41) is 2.36. The van der Waals surface area contributed by atoms with Gasteiger partial charge in [0.05, 0.1) is 0 Å². The Morgan fingerprint density at radius 2 is 1.93 bits per heavy atom. The highest BCUT2D eigenvalue weighted by Crippen LogP contribution is 2.42. The van der Waals surface area contributed by atoms with E-state index >= 15 is 0 Å². The number of hydrogen-bond donors (Lipinski definition) is 2. The fourth-order valence-corrected chi connectivity index (χ4v) is 6.07. The van der Waals surface area contributed by atoms with Gasteiger partial charge in [-0.2, -0.15) is 0 Å². The van der Waals surface area contributed by atoms with Crippen molar-refractivity contribution in [2.24, 2.45) is 5.73 Å². The lowest BCUT2D eigenvalue weighted by Crippen LogP contribution is -2.52. The average Bonchev–Trinajstić information content (AvgIpc) is 3.19. The first-order valence-corrected chi connectivity index (χ1v) is 11.2. The summed E-state index contributed by atoms with van der Waals surface area (Å²) >= 11 is 0. The second-order valence-corrected chi connectivity index (χ2v) is 9.52. The lowest BCUT2D eigenvalue weighted by atomic mass is 9.79. The van der Waals surface area contributed by atoms with E-state index in [2.05, 4.69) is 16.3 Å². The average molecular weight is 411 g/mol. The molecule has 7 nitrogen and oxygen atoms in total. The number of hydrogen-bond acceptors (Lipinski definition) is 5. The highest BCUT2D eigenvalue weighted by Gasteiger charge is 2.45. The molecule has 1 aromatic carbocycles. The van der Waals surface area contributed by atoms with Gasteiger partial charge in [0.15, 0.2) is 0 Å². The number of likely N-dealkylation sites (tertiary alicyclic amines) is 1. The Labute approximate surface area is 177 Å². The molecule has 1 spiro atoms. The molecule has 1 aliphatic carbocycles. The van der Waals surface area contributed by atoms with E-state index in [0.29, 0.717) is 18.5 Å². The van der Waals surface area contributed by atoms with Gasteiger partial charge in [0, 0.05) is 43.2 Å². The summed E-state index contributed by atoms with van der Waals surface area (Å²) < 4.78 is 0.